The van der Waals surface area contributed by atoms with Crippen LogP contribution in [0.1, 0.15) is 10.4 Å². The number of piperazine rings is 1. The van der Waals surface area contributed by atoms with Gasteiger partial charge in [-0.25, -0.2) is 4.79 Å². The normalized spacial score (nSPS) is 13.9. The van der Waals surface area contributed by atoms with E-state index in [-0.39, 0.29) is 5.56 Å². The SMILES string of the molecule is O=C(O)c1cccc(-c2nnc(-c3ccc(N4CCN(c5ccccc5)CC4)cc3)o2)c1. The molecule has 1 aliphatic heterocycles. The van der Waals surface area contributed by atoms with Crippen LogP contribution in [0.25, 0.3) is 22.9 Å². The van der Waals surface area contributed by atoms with E-state index in [4.69, 9.17) is 4.42 Å². The molecule has 0 aliphatic carbocycles. The molecular weight excluding hydrogens is 404 g/mol. The van der Waals surface area contributed by atoms with E-state index >= 15 is 0 Å². The molecule has 1 aromatic heterocycles. The highest BCUT2D eigenvalue weighted by Gasteiger charge is 2.18. The number of carboxylic acids is 1. The van der Waals surface area contributed by atoms with Crippen molar-refractivity contribution in [2.45, 2.75) is 0 Å². The van der Waals surface area contributed by atoms with Crippen molar-refractivity contribution >= 4 is 17.3 Å². The highest BCUT2D eigenvalue weighted by Crippen LogP contribution is 2.27. The number of anilines is 2. The van der Waals surface area contributed by atoms with E-state index in [0.29, 0.717) is 17.3 Å². The summed E-state index contributed by atoms with van der Waals surface area (Å²) >= 11 is 0. The van der Waals surface area contributed by atoms with Crippen LogP contribution in [0.3, 0.4) is 0 Å². The lowest BCUT2D eigenvalue weighted by atomic mass is 10.1. The van der Waals surface area contributed by atoms with Crippen LogP contribution in [0.15, 0.2) is 83.3 Å². The van der Waals surface area contributed by atoms with Crippen LogP contribution < -0.4 is 9.80 Å². The van der Waals surface area contributed by atoms with Gasteiger partial charge in [-0.05, 0) is 54.6 Å². The standard InChI is InChI=1S/C25H22N4O3/c30-25(31)20-6-4-5-19(17-20)24-27-26-23(32-24)18-9-11-22(12-10-18)29-15-13-28(14-16-29)21-7-2-1-3-8-21/h1-12,17H,13-16H2,(H,30,31). The lowest BCUT2D eigenvalue weighted by Crippen LogP contribution is -2.46. The van der Waals surface area contributed by atoms with Gasteiger partial charge >= 0.3 is 5.97 Å². The van der Waals surface area contributed by atoms with Crippen LogP contribution in [-0.4, -0.2) is 47.5 Å². The Bertz CT molecular complexity index is 1210. The molecular formula is C25H22N4O3. The summed E-state index contributed by atoms with van der Waals surface area (Å²) in [4.78, 5) is 16.0. The van der Waals surface area contributed by atoms with Gasteiger partial charge in [0.25, 0.3) is 0 Å². The second-order valence-electron chi connectivity index (χ2n) is 7.65. The summed E-state index contributed by atoms with van der Waals surface area (Å²) < 4.78 is 5.80. The number of hydrogen-bond acceptors (Lipinski definition) is 6. The fraction of sp³-hybridized carbons (Fsp3) is 0.160. The first-order chi connectivity index (χ1) is 15.7. The molecule has 0 bridgehead atoms. The van der Waals surface area contributed by atoms with Gasteiger partial charge in [0, 0.05) is 48.7 Å². The number of aromatic nitrogens is 2. The number of rotatable bonds is 5. The summed E-state index contributed by atoms with van der Waals surface area (Å²) in [6.45, 7) is 3.88. The minimum atomic E-state index is -0.994. The average molecular weight is 426 g/mol. The van der Waals surface area contributed by atoms with Crippen molar-refractivity contribution in [2.75, 3.05) is 36.0 Å². The second-order valence-corrected chi connectivity index (χ2v) is 7.65. The molecule has 5 rings (SSSR count). The Morgan fingerprint density at radius 2 is 1.31 bits per heavy atom. The zero-order valence-corrected chi connectivity index (χ0v) is 17.4. The number of hydrogen-bond donors (Lipinski definition) is 1. The van der Waals surface area contributed by atoms with Crippen LogP contribution in [-0.2, 0) is 0 Å². The Kier molecular flexibility index (Phi) is 5.29. The molecule has 7 heteroatoms. The van der Waals surface area contributed by atoms with Crippen molar-refractivity contribution in [3.05, 3.63) is 84.4 Å². The van der Waals surface area contributed by atoms with E-state index in [9.17, 15) is 9.90 Å². The molecule has 0 unspecified atom stereocenters. The first kappa shape index (κ1) is 19.8. The third-order valence-corrected chi connectivity index (χ3v) is 5.66. The number of aromatic carboxylic acids is 1. The van der Waals surface area contributed by atoms with Crippen molar-refractivity contribution in [1.82, 2.24) is 10.2 Å². The Hall–Kier alpha value is -4.13. The van der Waals surface area contributed by atoms with Gasteiger partial charge in [-0.1, -0.05) is 24.3 Å². The quantitative estimate of drug-likeness (QED) is 0.505. The summed E-state index contributed by atoms with van der Waals surface area (Å²) in [5.74, 6) is -0.294. The smallest absolute Gasteiger partial charge is 0.335 e. The van der Waals surface area contributed by atoms with Crippen molar-refractivity contribution < 1.29 is 14.3 Å². The van der Waals surface area contributed by atoms with Crippen LogP contribution in [0.2, 0.25) is 0 Å². The Morgan fingerprint density at radius 3 is 1.94 bits per heavy atom. The summed E-state index contributed by atoms with van der Waals surface area (Å²) in [6.07, 6.45) is 0. The fourth-order valence-electron chi connectivity index (χ4n) is 3.92. The van der Waals surface area contributed by atoms with Gasteiger partial charge < -0.3 is 19.3 Å². The molecule has 1 N–H and O–H groups in total. The minimum Gasteiger partial charge on any atom is -0.478 e. The first-order valence-corrected chi connectivity index (χ1v) is 10.5. The largest absolute Gasteiger partial charge is 0.478 e. The van der Waals surface area contributed by atoms with Crippen LogP contribution in [0, 0.1) is 0 Å². The third kappa shape index (κ3) is 4.05. The van der Waals surface area contributed by atoms with Gasteiger partial charge in [0.05, 0.1) is 5.56 Å². The van der Waals surface area contributed by atoms with E-state index in [1.54, 1.807) is 12.1 Å². The van der Waals surface area contributed by atoms with Gasteiger partial charge in [-0.15, -0.1) is 10.2 Å². The Labute approximate surface area is 185 Å². The van der Waals surface area contributed by atoms with Gasteiger partial charge in [0.15, 0.2) is 0 Å². The Balaban J connectivity index is 1.27. The lowest BCUT2D eigenvalue weighted by molar-refractivity contribution is 0.0697. The second kappa shape index (κ2) is 8.55. The summed E-state index contributed by atoms with van der Waals surface area (Å²) in [7, 11) is 0. The minimum absolute atomic E-state index is 0.180. The summed E-state index contributed by atoms with van der Waals surface area (Å²) in [6, 6.07) is 25.1. The molecule has 1 saturated heterocycles. The topological polar surface area (TPSA) is 82.7 Å². The number of carbonyl (C=O) groups is 1. The predicted molar refractivity (Wildman–Crippen MR) is 123 cm³/mol. The molecule has 4 aromatic rings. The molecule has 1 fully saturated rings. The molecule has 0 spiro atoms. The maximum absolute atomic E-state index is 11.2. The van der Waals surface area contributed by atoms with E-state index in [1.165, 1.54) is 17.8 Å². The average Bonchev–Trinajstić information content (AvgIpc) is 3.35. The maximum atomic E-state index is 11.2. The molecule has 1 aliphatic rings. The predicted octanol–water partition coefficient (Wildman–Crippen LogP) is 4.43. The zero-order valence-electron chi connectivity index (χ0n) is 17.4. The third-order valence-electron chi connectivity index (χ3n) is 5.66. The number of benzene rings is 3. The molecule has 0 saturated carbocycles. The number of nitrogens with zero attached hydrogens (tertiary/aromatic N) is 4. The van der Waals surface area contributed by atoms with Crippen LogP contribution in [0.5, 0.6) is 0 Å². The molecule has 0 amide bonds. The number of para-hydroxylation sites is 1. The Morgan fingerprint density at radius 1 is 0.719 bits per heavy atom. The summed E-state index contributed by atoms with van der Waals surface area (Å²) in [5.41, 5.74) is 4.01. The van der Waals surface area contributed by atoms with Crippen LogP contribution >= 0.6 is 0 Å². The molecule has 2 heterocycles. The van der Waals surface area contributed by atoms with Gasteiger partial charge in [0.1, 0.15) is 0 Å². The van der Waals surface area contributed by atoms with E-state index in [0.717, 1.165) is 37.4 Å². The molecule has 0 radical (unpaired) electrons. The monoisotopic (exact) mass is 426 g/mol. The lowest BCUT2D eigenvalue weighted by Gasteiger charge is -2.37. The summed E-state index contributed by atoms with van der Waals surface area (Å²) in [5, 5.41) is 17.4. The first-order valence-electron chi connectivity index (χ1n) is 10.5. The van der Waals surface area contributed by atoms with Gasteiger partial charge in [-0.3, -0.25) is 0 Å². The molecule has 0 atom stereocenters. The van der Waals surface area contributed by atoms with Gasteiger partial charge in [-0.2, -0.15) is 0 Å². The van der Waals surface area contributed by atoms with E-state index in [2.05, 4.69) is 56.4 Å². The van der Waals surface area contributed by atoms with Crippen molar-refractivity contribution in [3.63, 3.8) is 0 Å². The van der Waals surface area contributed by atoms with E-state index < -0.39 is 5.97 Å². The zero-order chi connectivity index (χ0) is 21.9. The van der Waals surface area contributed by atoms with Crippen molar-refractivity contribution in [3.8, 4) is 22.9 Å². The van der Waals surface area contributed by atoms with Crippen molar-refractivity contribution in [2.24, 2.45) is 0 Å². The van der Waals surface area contributed by atoms with Crippen molar-refractivity contribution in [1.29, 1.82) is 0 Å². The highest BCUT2D eigenvalue weighted by molar-refractivity contribution is 5.89. The molecule has 3 aromatic carbocycles. The van der Waals surface area contributed by atoms with Crippen LogP contribution in [0.4, 0.5) is 11.4 Å². The van der Waals surface area contributed by atoms with Gasteiger partial charge in [0.2, 0.25) is 11.8 Å². The number of carboxylic acid groups (broad SMARTS) is 1. The molecule has 7 nitrogen and oxygen atoms in total. The fourth-order valence-corrected chi connectivity index (χ4v) is 3.92. The molecule has 32 heavy (non-hydrogen) atoms. The molecule has 160 valence electrons. The van der Waals surface area contributed by atoms with E-state index in [1.807, 2.05) is 18.2 Å². The maximum Gasteiger partial charge on any atom is 0.335 e. The highest BCUT2D eigenvalue weighted by atomic mass is 16.4.